The Morgan fingerprint density at radius 1 is 1.07 bits per heavy atom. The Bertz CT molecular complexity index is 1850. The first-order chi connectivity index (χ1) is 20.4. The molecule has 0 radical (unpaired) electrons. The lowest BCUT2D eigenvalue weighted by Gasteiger charge is -2.22. The van der Waals surface area contributed by atoms with Crippen molar-refractivity contribution in [3.05, 3.63) is 107 Å². The van der Waals surface area contributed by atoms with Crippen molar-refractivity contribution in [3.63, 3.8) is 0 Å². The van der Waals surface area contributed by atoms with Crippen molar-refractivity contribution >= 4 is 33.9 Å². The van der Waals surface area contributed by atoms with Crippen LogP contribution < -0.4 is 10.6 Å². The molecule has 1 aliphatic carbocycles. The number of fused-ring (bicyclic) bond motifs is 1. The molecule has 6 rings (SSSR count). The highest BCUT2D eigenvalue weighted by molar-refractivity contribution is 6.35. The van der Waals surface area contributed by atoms with Crippen LogP contribution in [-0.4, -0.2) is 25.0 Å². The van der Waals surface area contributed by atoms with Gasteiger partial charge in [0.25, 0.3) is 0 Å². The van der Waals surface area contributed by atoms with Crippen molar-refractivity contribution in [2.24, 2.45) is 0 Å². The van der Waals surface area contributed by atoms with Gasteiger partial charge in [-0.2, -0.15) is 14.9 Å². The predicted octanol–water partition coefficient (Wildman–Crippen LogP) is 6.49. The van der Waals surface area contributed by atoms with Crippen LogP contribution in [0.1, 0.15) is 61.1 Å². The van der Waals surface area contributed by atoms with Crippen LogP contribution in [0.15, 0.2) is 73.2 Å². The summed E-state index contributed by atoms with van der Waals surface area (Å²) in [5, 5.41) is 35.4. The normalized spacial score (nSPS) is 15.3. The number of nitriles is 2. The van der Waals surface area contributed by atoms with E-state index in [1.165, 1.54) is 24.5 Å². The Hall–Kier alpha value is -5.06. The highest BCUT2D eigenvalue weighted by Crippen LogP contribution is 2.38. The summed E-state index contributed by atoms with van der Waals surface area (Å²) in [6.45, 7) is 0. The molecule has 3 heterocycles. The molecule has 1 saturated carbocycles. The minimum absolute atomic E-state index is 0.147. The Balaban J connectivity index is 1.46. The summed E-state index contributed by atoms with van der Waals surface area (Å²) in [7, 11) is 0. The first-order valence-electron chi connectivity index (χ1n) is 13.4. The molecule has 41 heavy (non-hydrogen) atoms. The third-order valence-electron chi connectivity index (χ3n) is 6.83. The summed E-state index contributed by atoms with van der Waals surface area (Å²) in [4.78, 5) is 8.18. The zero-order valence-electron chi connectivity index (χ0n) is 22.6. The van der Waals surface area contributed by atoms with E-state index in [2.05, 4.69) is 43.1 Å². The molecule has 1 unspecified atom stereocenters. The lowest BCUT2D eigenvalue weighted by molar-refractivity contribution is 0.581. The fourth-order valence-corrected chi connectivity index (χ4v) is 4.90. The quantitative estimate of drug-likeness (QED) is 0.194. The number of nitrogens with zero attached hydrogens (tertiary/aromatic N) is 7. The van der Waals surface area contributed by atoms with Gasteiger partial charge >= 0.3 is 0 Å². The van der Waals surface area contributed by atoms with Crippen molar-refractivity contribution in [1.29, 1.82) is 10.5 Å². The summed E-state index contributed by atoms with van der Waals surface area (Å²) in [6, 6.07) is 18.0. The molecule has 5 aromatic rings. The smallest absolute Gasteiger partial charge is 0.212 e. The van der Waals surface area contributed by atoms with Crippen LogP contribution in [0.2, 0.25) is 5.02 Å². The molecule has 2 atom stereocenters. The maximum Gasteiger partial charge on any atom is 0.212 e. The van der Waals surface area contributed by atoms with E-state index in [1.807, 2.05) is 30.3 Å². The number of hydrogen-bond donors (Lipinski definition) is 2. The van der Waals surface area contributed by atoms with Gasteiger partial charge in [0.1, 0.15) is 11.8 Å². The van der Waals surface area contributed by atoms with Crippen LogP contribution in [0.3, 0.4) is 0 Å². The van der Waals surface area contributed by atoms with Gasteiger partial charge < -0.3 is 10.6 Å². The van der Waals surface area contributed by atoms with Gasteiger partial charge in [-0.1, -0.05) is 53.2 Å². The molecule has 2 N–H and O–H groups in total. The lowest BCUT2D eigenvalue weighted by atomic mass is 10.0. The van der Waals surface area contributed by atoms with Gasteiger partial charge in [-0.25, -0.2) is 9.67 Å². The van der Waals surface area contributed by atoms with Gasteiger partial charge in [-0.15, -0.1) is 5.10 Å². The highest BCUT2D eigenvalue weighted by atomic mass is 35.5. The number of aromatic nitrogens is 5. The van der Waals surface area contributed by atoms with Crippen LogP contribution >= 0.6 is 11.6 Å². The number of pyridine rings is 2. The van der Waals surface area contributed by atoms with E-state index in [1.54, 1.807) is 23.0 Å². The summed E-state index contributed by atoms with van der Waals surface area (Å²) in [6.07, 6.45) is 6.54. The number of hydrogen-bond acceptors (Lipinski definition) is 8. The summed E-state index contributed by atoms with van der Waals surface area (Å²) in [5.74, 6) is -0.673. The fraction of sp³-hybridized carbons (Fsp3) is 0.200. The molecule has 11 heteroatoms. The van der Waals surface area contributed by atoms with Crippen molar-refractivity contribution < 1.29 is 5.76 Å². The average Bonchev–Trinajstić information content (AvgIpc) is 3.73. The molecule has 0 bridgehead atoms. The Labute approximate surface area is 241 Å². The number of rotatable bonds is 9. The van der Waals surface area contributed by atoms with Crippen LogP contribution in [-0.2, 0) is 0 Å². The van der Waals surface area contributed by atoms with E-state index in [9.17, 15) is 16.3 Å². The van der Waals surface area contributed by atoms with E-state index in [0.29, 0.717) is 33.5 Å². The Morgan fingerprint density at radius 2 is 1.90 bits per heavy atom. The highest BCUT2D eigenvalue weighted by Gasteiger charge is 2.27. The molecule has 0 amide bonds. The zero-order chi connectivity index (χ0) is 29.3. The Morgan fingerprint density at radius 3 is 2.61 bits per heavy atom. The molecule has 202 valence electrons. The first kappa shape index (κ1) is 24.9. The van der Waals surface area contributed by atoms with Crippen molar-refractivity contribution in [1.82, 2.24) is 25.0 Å². The molecular weight excluding hydrogens is 541 g/mol. The first-order valence-corrected chi connectivity index (χ1v) is 13.3. The van der Waals surface area contributed by atoms with E-state index in [0.717, 1.165) is 18.4 Å². The minimum atomic E-state index is -1.72. The number of nitrogens with one attached hydrogen (secondary N) is 2. The van der Waals surface area contributed by atoms with Gasteiger partial charge in [0.05, 0.1) is 59.9 Å². The number of halogens is 2. The second-order valence-electron chi connectivity index (χ2n) is 9.67. The number of anilines is 2. The molecule has 3 aromatic heterocycles. The molecule has 0 aliphatic heterocycles. The maximum absolute atomic E-state index is 13.7. The number of benzene rings is 2. The van der Waals surface area contributed by atoms with Crippen molar-refractivity contribution in [2.45, 2.75) is 37.4 Å². The van der Waals surface area contributed by atoms with Gasteiger partial charge in [-0.05, 0) is 42.2 Å². The topological polar surface area (TPSA) is 128 Å². The monoisotopic (exact) mass is 564 g/mol. The molecule has 0 saturated heterocycles. The second-order valence-corrected chi connectivity index (χ2v) is 10.1. The standard InChI is InChI=1S/C30H23ClFN9/c31-24-13-21(37-29(19-6-9-27(32)35-15-19)26-17-41(40-39-26)22-7-8-22)12-23-28(20(14-34)16-36-30(23)24)38-25(10-11-33)18-4-2-1-3-5-18/h1-6,9,12-13,15-17,22,25,29,37H,7-8,10H2,(H,36,38)/t25-,29?/m0/s1/i29D. The third kappa shape index (κ3) is 5.51. The average molecular weight is 565 g/mol. The van der Waals surface area contributed by atoms with E-state index in [-0.39, 0.29) is 23.0 Å². The van der Waals surface area contributed by atoms with Gasteiger partial charge in [0, 0.05) is 23.5 Å². The molecular formula is C30H23ClFN9. The maximum atomic E-state index is 13.7. The van der Waals surface area contributed by atoms with Crippen LogP contribution in [0, 0.1) is 28.6 Å². The van der Waals surface area contributed by atoms with Crippen LogP contribution in [0.25, 0.3) is 10.9 Å². The van der Waals surface area contributed by atoms with Crippen molar-refractivity contribution in [2.75, 3.05) is 10.6 Å². The lowest BCUT2D eigenvalue weighted by Crippen LogP contribution is -2.14. The minimum Gasteiger partial charge on any atom is -0.376 e. The molecule has 1 fully saturated rings. The van der Waals surface area contributed by atoms with Gasteiger partial charge in [0.2, 0.25) is 5.95 Å². The van der Waals surface area contributed by atoms with E-state index in [4.69, 9.17) is 11.6 Å². The van der Waals surface area contributed by atoms with Crippen LogP contribution in [0.4, 0.5) is 15.8 Å². The zero-order valence-corrected chi connectivity index (χ0v) is 22.3. The van der Waals surface area contributed by atoms with E-state index >= 15 is 0 Å². The fourth-order valence-electron chi connectivity index (χ4n) is 4.64. The van der Waals surface area contributed by atoms with Crippen LogP contribution in [0.5, 0.6) is 0 Å². The largest absolute Gasteiger partial charge is 0.376 e. The Kier molecular flexibility index (Phi) is 6.82. The summed E-state index contributed by atoms with van der Waals surface area (Å²) < 4.78 is 25.0. The van der Waals surface area contributed by atoms with Crippen molar-refractivity contribution in [3.8, 4) is 12.1 Å². The van der Waals surface area contributed by atoms with Gasteiger partial charge in [0.15, 0.2) is 0 Å². The summed E-state index contributed by atoms with van der Waals surface area (Å²) >= 11 is 6.72. The molecule has 9 nitrogen and oxygen atoms in total. The van der Waals surface area contributed by atoms with Gasteiger partial charge in [-0.3, -0.25) is 4.98 Å². The molecule has 1 aliphatic rings. The summed E-state index contributed by atoms with van der Waals surface area (Å²) in [5.41, 5.74) is 3.08. The second kappa shape index (κ2) is 11.2. The van der Waals surface area contributed by atoms with E-state index < -0.39 is 18.0 Å². The molecule has 0 spiro atoms. The molecule has 2 aromatic carbocycles. The third-order valence-corrected chi connectivity index (χ3v) is 7.12. The predicted molar refractivity (Wildman–Crippen MR) is 152 cm³/mol. The SMILES string of the molecule is [2H]C(Nc1cc(Cl)c2ncc(C#N)c(N[C@@H](CC#N)c3ccccc3)c2c1)(c1ccc(F)nc1)c1cn(C2CC2)nn1.